The topological polar surface area (TPSA) is 112 Å². The van der Waals surface area contributed by atoms with Crippen molar-refractivity contribution in [2.24, 2.45) is 0 Å². The number of thiophene rings is 1. The number of nitrogens with one attached hydrogen (secondary N) is 1. The molecule has 0 aliphatic rings. The second kappa shape index (κ2) is 11.8. The zero-order chi connectivity index (χ0) is 27.2. The van der Waals surface area contributed by atoms with Crippen molar-refractivity contribution >= 4 is 34.2 Å². The lowest BCUT2D eigenvalue weighted by Gasteiger charge is -2.31. The molecule has 0 unspecified atom stereocenters. The summed E-state index contributed by atoms with van der Waals surface area (Å²) in [7, 11) is 3.07. The van der Waals surface area contributed by atoms with Crippen LogP contribution < -0.4 is 14.8 Å². The van der Waals surface area contributed by atoms with E-state index in [1.165, 1.54) is 18.4 Å². The number of hydrogen-bond acceptors (Lipinski definition) is 8. The minimum atomic E-state index is -0.982. The Balaban J connectivity index is 1.53. The van der Waals surface area contributed by atoms with Crippen LogP contribution in [0.2, 0.25) is 0 Å². The molecule has 3 aromatic heterocycles. The third-order valence-electron chi connectivity index (χ3n) is 6.23. The number of methoxy groups -OCH3 is 2. The number of hydrogen-bond donors (Lipinski definition) is 1. The Morgan fingerprint density at radius 2 is 1.90 bits per heavy atom. The first-order chi connectivity index (χ1) is 19.1. The molecule has 0 saturated heterocycles. The summed E-state index contributed by atoms with van der Waals surface area (Å²) in [4.78, 5) is 30.3. The van der Waals surface area contributed by atoms with Gasteiger partial charge >= 0.3 is 0 Å². The van der Waals surface area contributed by atoms with Crippen LogP contribution in [0.15, 0.2) is 82.8 Å². The minimum Gasteiger partial charge on any atom is -0.493 e. The van der Waals surface area contributed by atoms with E-state index in [1.807, 2.05) is 41.8 Å². The van der Waals surface area contributed by atoms with Crippen molar-refractivity contribution in [3.63, 3.8) is 0 Å². The molecule has 11 heteroatoms. The van der Waals surface area contributed by atoms with Crippen LogP contribution in [-0.4, -0.2) is 45.9 Å². The Labute approximate surface area is 228 Å². The van der Waals surface area contributed by atoms with E-state index in [0.29, 0.717) is 28.3 Å². The SMILES string of the molecule is COc1ccc([C@@H](C(=O)NCc2ccco2)N(Cc2cccs2)C(=O)Cn2nnc3ccccc32)cc1OC. The summed E-state index contributed by atoms with van der Waals surface area (Å²) < 4.78 is 17.8. The van der Waals surface area contributed by atoms with Crippen LogP contribution in [0.3, 0.4) is 0 Å². The molecule has 0 bridgehead atoms. The number of ether oxygens (including phenoxy) is 2. The second-order valence-corrected chi connectivity index (χ2v) is 9.68. The van der Waals surface area contributed by atoms with Crippen molar-refractivity contribution in [2.45, 2.75) is 25.7 Å². The van der Waals surface area contributed by atoms with E-state index in [1.54, 1.807) is 53.3 Å². The maximum Gasteiger partial charge on any atom is 0.247 e. The van der Waals surface area contributed by atoms with Crippen LogP contribution in [0.4, 0.5) is 0 Å². The molecule has 1 N–H and O–H groups in total. The molecule has 3 heterocycles. The third kappa shape index (κ3) is 5.78. The predicted molar refractivity (Wildman–Crippen MR) is 145 cm³/mol. The van der Waals surface area contributed by atoms with Crippen LogP contribution in [-0.2, 0) is 29.2 Å². The molecule has 0 saturated carbocycles. The maximum atomic E-state index is 14.0. The van der Waals surface area contributed by atoms with Crippen molar-refractivity contribution < 1.29 is 23.5 Å². The number of aromatic nitrogens is 3. The Morgan fingerprint density at radius 1 is 1.05 bits per heavy atom. The monoisotopic (exact) mass is 545 g/mol. The van der Waals surface area contributed by atoms with Gasteiger partial charge in [-0.2, -0.15) is 0 Å². The van der Waals surface area contributed by atoms with Crippen molar-refractivity contribution in [2.75, 3.05) is 14.2 Å². The Kier molecular flexibility index (Phi) is 7.88. The summed E-state index contributed by atoms with van der Waals surface area (Å²) in [5, 5.41) is 13.2. The molecule has 10 nitrogen and oxygen atoms in total. The molecule has 39 heavy (non-hydrogen) atoms. The molecule has 200 valence electrons. The van der Waals surface area contributed by atoms with Gasteiger partial charge in [0.1, 0.15) is 23.9 Å². The van der Waals surface area contributed by atoms with Gasteiger partial charge in [-0.15, -0.1) is 16.4 Å². The molecular formula is C28H27N5O5S. The van der Waals surface area contributed by atoms with Crippen molar-refractivity contribution in [3.05, 3.63) is 94.6 Å². The van der Waals surface area contributed by atoms with E-state index in [2.05, 4.69) is 15.6 Å². The molecule has 0 radical (unpaired) electrons. The maximum absolute atomic E-state index is 14.0. The Morgan fingerprint density at radius 3 is 2.64 bits per heavy atom. The second-order valence-electron chi connectivity index (χ2n) is 8.65. The number of para-hydroxylation sites is 1. The fourth-order valence-corrected chi connectivity index (χ4v) is 5.03. The molecule has 0 aliphatic carbocycles. The van der Waals surface area contributed by atoms with Crippen LogP contribution in [0.25, 0.3) is 11.0 Å². The summed E-state index contributed by atoms with van der Waals surface area (Å²) in [5.74, 6) is 0.893. The standard InChI is InChI=1S/C28H27N5O5S/c1-36-24-12-11-19(15-25(24)37-2)27(28(35)29-16-20-7-5-13-38-20)32(17-21-8-6-14-39-21)26(34)18-33-23-10-4-3-9-22(23)30-31-33/h3-15,27H,16-18H2,1-2H3,(H,29,35)/t27-/m0/s1. The number of rotatable bonds is 11. The van der Waals surface area contributed by atoms with E-state index in [9.17, 15) is 9.59 Å². The lowest BCUT2D eigenvalue weighted by molar-refractivity contribution is -0.142. The lowest BCUT2D eigenvalue weighted by atomic mass is 10.0. The van der Waals surface area contributed by atoms with Crippen LogP contribution in [0, 0.1) is 0 Å². The molecule has 5 aromatic rings. The zero-order valence-corrected chi connectivity index (χ0v) is 22.3. The van der Waals surface area contributed by atoms with E-state index >= 15 is 0 Å². The van der Waals surface area contributed by atoms with E-state index in [4.69, 9.17) is 13.9 Å². The summed E-state index contributed by atoms with van der Waals surface area (Å²) in [6.07, 6.45) is 1.54. The Hall–Kier alpha value is -4.64. The number of fused-ring (bicyclic) bond motifs is 1. The summed E-state index contributed by atoms with van der Waals surface area (Å²) in [5.41, 5.74) is 1.98. The largest absolute Gasteiger partial charge is 0.493 e. The average molecular weight is 546 g/mol. The smallest absolute Gasteiger partial charge is 0.247 e. The highest BCUT2D eigenvalue weighted by Gasteiger charge is 2.33. The minimum absolute atomic E-state index is 0.0961. The normalized spacial score (nSPS) is 11.7. The highest BCUT2D eigenvalue weighted by Crippen LogP contribution is 2.33. The number of nitrogens with zero attached hydrogens (tertiary/aromatic N) is 4. The Bertz CT molecular complexity index is 1550. The first kappa shape index (κ1) is 26.0. The van der Waals surface area contributed by atoms with Crippen LogP contribution in [0.5, 0.6) is 11.5 Å². The summed E-state index contributed by atoms with van der Waals surface area (Å²) in [6, 6.07) is 19.0. The highest BCUT2D eigenvalue weighted by molar-refractivity contribution is 7.09. The number of carbonyl (C=O) groups excluding carboxylic acids is 2. The van der Waals surface area contributed by atoms with Gasteiger partial charge in [0.05, 0.1) is 39.1 Å². The number of benzene rings is 2. The number of amides is 2. The average Bonchev–Trinajstić information content (AvgIpc) is 3.75. The molecule has 2 aromatic carbocycles. The molecule has 0 fully saturated rings. The first-order valence-electron chi connectivity index (χ1n) is 12.2. The number of furan rings is 1. The zero-order valence-electron chi connectivity index (χ0n) is 21.4. The van der Waals surface area contributed by atoms with Crippen LogP contribution >= 0.6 is 11.3 Å². The molecule has 1 atom stereocenters. The molecule has 5 rings (SSSR count). The van der Waals surface area contributed by atoms with Crippen molar-refractivity contribution in [1.82, 2.24) is 25.2 Å². The van der Waals surface area contributed by atoms with Gasteiger partial charge in [0.25, 0.3) is 0 Å². The highest BCUT2D eigenvalue weighted by atomic mass is 32.1. The van der Waals surface area contributed by atoms with Gasteiger partial charge in [-0.3, -0.25) is 9.59 Å². The lowest BCUT2D eigenvalue weighted by Crippen LogP contribution is -2.44. The van der Waals surface area contributed by atoms with Crippen molar-refractivity contribution in [1.29, 1.82) is 0 Å². The quantitative estimate of drug-likeness (QED) is 0.265. The van der Waals surface area contributed by atoms with Gasteiger partial charge in [-0.25, -0.2) is 4.68 Å². The van der Waals surface area contributed by atoms with Crippen molar-refractivity contribution in [3.8, 4) is 11.5 Å². The predicted octanol–water partition coefficient (Wildman–Crippen LogP) is 4.19. The first-order valence-corrected chi connectivity index (χ1v) is 13.1. The van der Waals surface area contributed by atoms with Gasteiger partial charge < -0.3 is 24.1 Å². The molecule has 0 aliphatic heterocycles. The number of carbonyl (C=O) groups is 2. The van der Waals surface area contributed by atoms with Gasteiger partial charge in [0.15, 0.2) is 11.5 Å². The molecular weight excluding hydrogens is 518 g/mol. The van der Waals surface area contributed by atoms with Crippen LogP contribution in [0.1, 0.15) is 22.2 Å². The fraction of sp³-hybridized carbons (Fsp3) is 0.214. The summed E-state index contributed by atoms with van der Waals surface area (Å²) >= 11 is 1.51. The van der Waals surface area contributed by atoms with Gasteiger partial charge in [-0.1, -0.05) is 29.5 Å². The van der Waals surface area contributed by atoms with E-state index < -0.39 is 6.04 Å². The van der Waals surface area contributed by atoms with Gasteiger partial charge in [0, 0.05) is 4.88 Å². The van der Waals surface area contributed by atoms with E-state index in [-0.39, 0.29) is 31.4 Å². The third-order valence-corrected chi connectivity index (χ3v) is 7.09. The molecule has 2 amide bonds. The fourth-order valence-electron chi connectivity index (χ4n) is 4.33. The summed E-state index contributed by atoms with van der Waals surface area (Å²) in [6.45, 7) is 0.293. The van der Waals surface area contributed by atoms with E-state index in [0.717, 1.165) is 10.4 Å². The van der Waals surface area contributed by atoms with Gasteiger partial charge in [0.2, 0.25) is 11.8 Å². The molecule has 0 spiro atoms. The van der Waals surface area contributed by atoms with Gasteiger partial charge in [-0.05, 0) is 53.4 Å².